The molecule has 0 atom stereocenters. The highest BCUT2D eigenvalue weighted by Gasteiger charge is 2.36. The lowest BCUT2D eigenvalue weighted by atomic mass is 10.0. The van der Waals surface area contributed by atoms with Crippen LogP contribution in [0.1, 0.15) is 19.4 Å². The predicted octanol–water partition coefficient (Wildman–Crippen LogP) is 1.88. The van der Waals surface area contributed by atoms with Gasteiger partial charge in [-0.25, -0.2) is 22.8 Å². The molecule has 12 heteroatoms. The second kappa shape index (κ2) is 9.69. The van der Waals surface area contributed by atoms with Crippen molar-refractivity contribution in [3.05, 3.63) is 81.3 Å². The summed E-state index contributed by atoms with van der Waals surface area (Å²) >= 11 is 0. The van der Waals surface area contributed by atoms with Crippen LogP contribution in [0.4, 0.5) is 0 Å². The van der Waals surface area contributed by atoms with E-state index in [1.54, 1.807) is 25.3 Å². The Morgan fingerprint density at radius 2 is 1.89 bits per heavy atom. The van der Waals surface area contributed by atoms with Gasteiger partial charge in [0, 0.05) is 12.1 Å². The average molecular weight is 527 g/mol. The molecule has 0 fully saturated rings. The Morgan fingerprint density at radius 3 is 2.54 bits per heavy atom. The number of aryl methyl sites for hydroxylation is 2. The molecular weight excluding hydrogens is 500 g/mol. The molecule has 0 saturated carbocycles. The minimum atomic E-state index is -3.94. The van der Waals surface area contributed by atoms with Gasteiger partial charge in [0.1, 0.15) is 17.6 Å². The first kappa shape index (κ1) is 25.9. The van der Waals surface area contributed by atoms with Crippen molar-refractivity contribution in [2.75, 3.05) is 13.4 Å². The fraction of sp³-hybridized carbons (Fsp3) is 0.280. The summed E-state index contributed by atoms with van der Waals surface area (Å²) in [5.41, 5.74) is -1.67. The number of fused-ring (bicyclic) bond motifs is 1. The molecule has 0 spiro atoms. The van der Waals surface area contributed by atoms with Crippen molar-refractivity contribution in [1.82, 2.24) is 18.8 Å². The molecule has 0 saturated heterocycles. The maximum absolute atomic E-state index is 13.7. The SMILES string of the molecule is COc1ccccc1CCn1c(=O)n(C(C)(C)C(=O)NS(C)(=O)=O)c(=O)c2cc(-c3ncco3)ccc21. The van der Waals surface area contributed by atoms with Gasteiger partial charge in [0.15, 0.2) is 0 Å². The van der Waals surface area contributed by atoms with Crippen molar-refractivity contribution < 1.29 is 22.4 Å². The number of para-hydroxylation sites is 1. The average Bonchev–Trinajstić information content (AvgIpc) is 3.38. The fourth-order valence-corrected chi connectivity index (χ4v) is 4.70. The first-order valence-corrected chi connectivity index (χ1v) is 13.2. The van der Waals surface area contributed by atoms with Crippen LogP contribution in [0.15, 0.2) is 68.9 Å². The maximum atomic E-state index is 13.7. The summed E-state index contributed by atoms with van der Waals surface area (Å²) in [5, 5.41) is 0.135. The lowest BCUT2D eigenvalue weighted by Crippen LogP contribution is -2.56. The van der Waals surface area contributed by atoms with Gasteiger partial charge in [-0.2, -0.15) is 0 Å². The van der Waals surface area contributed by atoms with E-state index in [0.29, 0.717) is 23.3 Å². The molecule has 2 aromatic heterocycles. The molecule has 2 aromatic carbocycles. The van der Waals surface area contributed by atoms with Gasteiger partial charge in [0.25, 0.3) is 11.5 Å². The minimum absolute atomic E-state index is 0.135. The van der Waals surface area contributed by atoms with Crippen LogP contribution in [0.25, 0.3) is 22.4 Å². The van der Waals surface area contributed by atoms with Crippen LogP contribution < -0.4 is 20.7 Å². The Labute approximate surface area is 212 Å². The van der Waals surface area contributed by atoms with Crippen LogP contribution in [0.5, 0.6) is 5.75 Å². The molecule has 2 heterocycles. The van der Waals surface area contributed by atoms with E-state index in [4.69, 9.17) is 9.15 Å². The predicted molar refractivity (Wildman–Crippen MR) is 137 cm³/mol. The Kier molecular flexibility index (Phi) is 6.78. The summed E-state index contributed by atoms with van der Waals surface area (Å²) < 4.78 is 38.3. The standard InChI is InChI=1S/C25H26N4O7S/c1-25(2,23(31)27-37(4,33)34)29-22(30)18-15-17(21-26-12-14-36-21)9-10-19(18)28(24(29)32)13-11-16-7-5-6-8-20(16)35-3/h5-10,12,14-15H,11,13H2,1-4H3,(H,27,31). The maximum Gasteiger partial charge on any atom is 0.332 e. The second-order valence-corrected chi connectivity index (χ2v) is 10.7. The molecule has 0 unspecified atom stereocenters. The van der Waals surface area contributed by atoms with E-state index >= 15 is 0 Å². The first-order chi connectivity index (χ1) is 17.4. The fourth-order valence-electron chi connectivity index (χ4n) is 4.12. The number of carbonyl (C=O) groups is 1. The first-order valence-electron chi connectivity index (χ1n) is 11.3. The smallest absolute Gasteiger partial charge is 0.332 e. The number of benzene rings is 2. The highest BCUT2D eigenvalue weighted by molar-refractivity contribution is 7.89. The number of sulfonamides is 1. The molecule has 0 aliphatic heterocycles. The monoisotopic (exact) mass is 526 g/mol. The van der Waals surface area contributed by atoms with Gasteiger partial charge in [-0.1, -0.05) is 18.2 Å². The number of rotatable bonds is 8. The Balaban J connectivity index is 1.94. The van der Waals surface area contributed by atoms with Crippen LogP contribution in [0.2, 0.25) is 0 Å². The third kappa shape index (κ3) is 5.05. The molecule has 1 N–H and O–H groups in total. The van der Waals surface area contributed by atoms with Crippen LogP contribution in [-0.4, -0.2) is 41.8 Å². The van der Waals surface area contributed by atoms with Gasteiger partial charge in [-0.3, -0.25) is 18.9 Å². The quantitative estimate of drug-likeness (QED) is 0.367. The minimum Gasteiger partial charge on any atom is -0.496 e. The van der Waals surface area contributed by atoms with Crippen molar-refractivity contribution >= 4 is 26.8 Å². The van der Waals surface area contributed by atoms with E-state index in [1.807, 2.05) is 22.9 Å². The third-order valence-corrected chi connectivity index (χ3v) is 6.57. The second-order valence-electron chi connectivity index (χ2n) is 8.97. The van der Waals surface area contributed by atoms with E-state index in [9.17, 15) is 22.8 Å². The molecule has 194 valence electrons. The van der Waals surface area contributed by atoms with Crippen molar-refractivity contribution in [1.29, 1.82) is 0 Å². The zero-order valence-electron chi connectivity index (χ0n) is 20.7. The number of hydrogen-bond acceptors (Lipinski definition) is 8. The Bertz CT molecular complexity index is 1700. The Hall–Kier alpha value is -4.19. The molecule has 0 radical (unpaired) electrons. The van der Waals surface area contributed by atoms with E-state index in [2.05, 4.69) is 4.98 Å². The van der Waals surface area contributed by atoms with Crippen molar-refractivity contribution in [2.45, 2.75) is 32.4 Å². The van der Waals surface area contributed by atoms with Gasteiger partial charge in [0.2, 0.25) is 15.9 Å². The van der Waals surface area contributed by atoms with Crippen molar-refractivity contribution in [2.24, 2.45) is 0 Å². The zero-order valence-corrected chi connectivity index (χ0v) is 21.5. The largest absolute Gasteiger partial charge is 0.496 e. The number of nitrogens with one attached hydrogen (secondary N) is 1. The molecule has 37 heavy (non-hydrogen) atoms. The van der Waals surface area contributed by atoms with Gasteiger partial charge in [-0.15, -0.1) is 0 Å². The van der Waals surface area contributed by atoms with Crippen LogP contribution >= 0.6 is 0 Å². The molecule has 1 amide bonds. The normalized spacial score (nSPS) is 12.0. The number of ether oxygens (including phenoxy) is 1. The highest BCUT2D eigenvalue weighted by Crippen LogP contribution is 2.23. The van der Waals surface area contributed by atoms with Gasteiger partial charge in [0.05, 0.1) is 30.5 Å². The van der Waals surface area contributed by atoms with Gasteiger partial charge >= 0.3 is 5.69 Å². The number of oxazole rings is 1. The summed E-state index contributed by atoms with van der Waals surface area (Å²) in [5.74, 6) is -0.102. The number of carbonyl (C=O) groups excluding carboxylic acids is 1. The lowest BCUT2D eigenvalue weighted by molar-refractivity contribution is -0.126. The third-order valence-electron chi connectivity index (χ3n) is 6.01. The zero-order chi connectivity index (χ0) is 27.0. The molecule has 4 aromatic rings. The lowest BCUT2D eigenvalue weighted by Gasteiger charge is -2.26. The van der Waals surface area contributed by atoms with Crippen LogP contribution in [0, 0.1) is 0 Å². The summed E-state index contributed by atoms with van der Waals surface area (Å²) in [6.07, 6.45) is 4.06. The Morgan fingerprint density at radius 1 is 1.16 bits per heavy atom. The van der Waals surface area contributed by atoms with Crippen LogP contribution in [-0.2, 0) is 33.3 Å². The van der Waals surface area contributed by atoms with Gasteiger partial charge < -0.3 is 9.15 Å². The van der Waals surface area contributed by atoms with E-state index in [0.717, 1.165) is 16.4 Å². The van der Waals surface area contributed by atoms with Crippen molar-refractivity contribution in [3.63, 3.8) is 0 Å². The van der Waals surface area contributed by atoms with Crippen molar-refractivity contribution in [3.8, 4) is 17.2 Å². The summed E-state index contributed by atoms with van der Waals surface area (Å²) in [7, 11) is -2.39. The molecule has 0 aliphatic rings. The molecular formula is C25H26N4O7S. The number of methoxy groups -OCH3 is 1. The number of hydrogen-bond donors (Lipinski definition) is 1. The number of nitrogens with zero attached hydrogens (tertiary/aromatic N) is 3. The van der Waals surface area contributed by atoms with E-state index in [-0.39, 0.29) is 17.8 Å². The van der Waals surface area contributed by atoms with Crippen LogP contribution in [0.3, 0.4) is 0 Å². The molecule has 0 bridgehead atoms. The number of aromatic nitrogens is 3. The topological polar surface area (TPSA) is 142 Å². The molecule has 0 aliphatic carbocycles. The summed E-state index contributed by atoms with van der Waals surface area (Å²) in [6, 6.07) is 12.2. The summed E-state index contributed by atoms with van der Waals surface area (Å²) in [4.78, 5) is 44.4. The highest BCUT2D eigenvalue weighted by atomic mass is 32.2. The molecule has 4 rings (SSSR count). The number of amides is 1. The molecule has 11 nitrogen and oxygen atoms in total. The van der Waals surface area contributed by atoms with E-state index < -0.39 is 32.7 Å². The summed E-state index contributed by atoms with van der Waals surface area (Å²) in [6.45, 7) is 2.77. The van der Waals surface area contributed by atoms with Gasteiger partial charge in [-0.05, 0) is 50.1 Å². The van der Waals surface area contributed by atoms with E-state index in [1.165, 1.54) is 36.9 Å².